The number of nitro groups is 1. The number of halogens is 1. The average Bonchev–Trinajstić information content (AvgIpc) is 1.97. The summed E-state index contributed by atoms with van der Waals surface area (Å²) < 4.78 is 0. The maximum atomic E-state index is 10.3. The predicted molar refractivity (Wildman–Crippen MR) is 44.7 cm³/mol. The van der Waals surface area contributed by atoms with Crippen molar-refractivity contribution in [2.75, 3.05) is 19.5 Å². The molecule has 0 aliphatic heterocycles. The first-order chi connectivity index (χ1) is 5.22. The molecule has 0 aromatic heterocycles. The molecule has 0 amide bonds. The number of rotatable bonds is 6. The van der Waals surface area contributed by atoms with Gasteiger partial charge >= 0.3 is 0 Å². The zero-order valence-electron chi connectivity index (χ0n) is 6.55. The van der Waals surface area contributed by atoms with E-state index in [0.29, 0.717) is 25.3 Å². The second-order valence-electron chi connectivity index (χ2n) is 2.31. The smallest absolute Gasteiger partial charge is 0.215 e. The van der Waals surface area contributed by atoms with E-state index in [9.17, 15) is 10.1 Å². The summed E-state index contributed by atoms with van der Waals surface area (Å²) in [7, 11) is 1.78. The van der Waals surface area contributed by atoms with E-state index < -0.39 is 6.04 Å². The Balaban J connectivity index is 3.60. The maximum absolute atomic E-state index is 10.3. The lowest BCUT2D eigenvalue weighted by atomic mass is 10.2. The highest BCUT2D eigenvalue weighted by molar-refractivity contribution is 6.17. The van der Waals surface area contributed by atoms with Crippen LogP contribution in [0.5, 0.6) is 0 Å². The minimum Gasteiger partial charge on any atom is -0.319 e. The molecule has 11 heavy (non-hydrogen) atoms. The molecule has 0 saturated heterocycles. The fourth-order valence-electron chi connectivity index (χ4n) is 0.792. The molecule has 0 aliphatic rings. The lowest BCUT2D eigenvalue weighted by Crippen LogP contribution is -2.24. The zero-order valence-corrected chi connectivity index (χ0v) is 7.30. The molecular weight excluding hydrogens is 168 g/mol. The van der Waals surface area contributed by atoms with Gasteiger partial charge in [0, 0.05) is 30.2 Å². The standard InChI is InChI=1S/C6H13ClN2O2/c1-8-5-3-6(2-4-7)9(10)11/h6,8H,2-5H2,1H3. The van der Waals surface area contributed by atoms with Gasteiger partial charge in [0.2, 0.25) is 6.04 Å². The van der Waals surface area contributed by atoms with E-state index in [2.05, 4.69) is 5.32 Å². The molecular formula is C6H13ClN2O2. The molecule has 0 aromatic rings. The summed E-state index contributed by atoms with van der Waals surface area (Å²) >= 11 is 5.39. The van der Waals surface area contributed by atoms with Crippen LogP contribution in [0.2, 0.25) is 0 Å². The van der Waals surface area contributed by atoms with Gasteiger partial charge in [-0.3, -0.25) is 10.1 Å². The molecule has 0 bridgehead atoms. The van der Waals surface area contributed by atoms with E-state index >= 15 is 0 Å². The van der Waals surface area contributed by atoms with Gasteiger partial charge in [-0.25, -0.2) is 0 Å². The van der Waals surface area contributed by atoms with Crippen LogP contribution in [0.25, 0.3) is 0 Å². The quantitative estimate of drug-likeness (QED) is 0.375. The van der Waals surface area contributed by atoms with Gasteiger partial charge in [-0.1, -0.05) is 0 Å². The lowest BCUT2D eigenvalue weighted by Gasteiger charge is -2.06. The fraction of sp³-hybridized carbons (Fsp3) is 1.00. The molecule has 0 saturated carbocycles. The van der Waals surface area contributed by atoms with E-state index in [1.54, 1.807) is 7.05 Å². The highest BCUT2D eigenvalue weighted by atomic mass is 35.5. The Morgan fingerprint density at radius 1 is 1.64 bits per heavy atom. The van der Waals surface area contributed by atoms with Crippen molar-refractivity contribution in [2.45, 2.75) is 18.9 Å². The van der Waals surface area contributed by atoms with Crippen LogP contribution in [0.4, 0.5) is 0 Å². The third kappa shape index (κ3) is 4.98. The van der Waals surface area contributed by atoms with Crippen LogP contribution in [0.15, 0.2) is 0 Å². The summed E-state index contributed by atoms with van der Waals surface area (Å²) in [5, 5.41) is 13.2. The van der Waals surface area contributed by atoms with E-state index in [1.165, 1.54) is 0 Å². The van der Waals surface area contributed by atoms with Gasteiger partial charge in [-0.05, 0) is 7.05 Å². The van der Waals surface area contributed by atoms with Crippen LogP contribution in [-0.2, 0) is 0 Å². The molecule has 0 fully saturated rings. The summed E-state index contributed by atoms with van der Waals surface area (Å²) in [5.41, 5.74) is 0. The summed E-state index contributed by atoms with van der Waals surface area (Å²) in [6.45, 7) is 0.669. The van der Waals surface area contributed by atoms with Crippen LogP contribution >= 0.6 is 11.6 Å². The van der Waals surface area contributed by atoms with Crippen LogP contribution in [0.1, 0.15) is 12.8 Å². The largest absolute Gasteiger partial charge is 0.319 e. The SMILES string of the molecule is CNCCC(CCCl)[N+](=O)[O-]. The molecule has 0 aliphatic carbocycles. The second-order valence-corrected chi connectivity index (χ2v) is 2.69. The highest BCUT2D eigenvalue weighted by Crippen LogP contribution is 2.02. The Hall–Kier alpha value is -0.350. The summed E-state index contributed by atoms with van der Waals surface area (Å²) in [4.78, 5) is 10.1. The van der Waals surface area contributed by atoms with Crippen LogP contribution < -0.4 is 5.32 Å². The van der Waals surface area contributed by atoms with Crippen molar-refractivity contribution in [3.63, 3.8) is 0 Å². The Bertz CT molecular complexity index is 121. The Morgan fingerprint density at radius 2 is 2.27 bits per heavy atom. The normalized spacial score (nSPS) is 12.9. The minimum absolute atomic E-state index is 0.264. The van der Waals surface area contributed by atoms with Gasteiger partial charge in [0.1, 0.15) is 0 Å². The van der Waals surface area contributed by atoms with Crippen molar-refractivity contribution in [1.82, 2.24) is 5.32 Å². The van der Waals surface area contributed by atoms with Gasteiger partial charge in [0.25, 0.3) is 0 Å². The molecule has 0 radical (unpaired) electrons. The third-order valence-corrected chi connectivity index (χ3v) is 1.69. The van der Waals surface area contributed by atoms with E-state index in [1.807, 2.05) is 0 Å². The van der Waals surface area contributed by atoms with E-state index in [-0.39, 0.29) is 4.92 Å². The van der Waals surface area contributed by atoms with Gasteiger partial charge in [0.05, 0.1) is 0 Å². The minimum atomic E-state index is -0.486. The molecule has 1 atom stereocenters. The Kier molecular flexibility index (Phi) is 6.16. The number of nitrogens with one attached hydrogen (secondary N) is 1. The third-order valence-electron chi connectivity index (χ3n) is 1.47. The Labute approximate surface area is 71.1 Å². The molecule has 0 aromatic carbocycles. The fourth-order valence-corrected chi connectivity index (χ4v) is 1.04. The molecule has 1 unspecified atom stereocenters. The molecule has 0 heterocycles. The van der Waals surface area contributed by atoms with Crippen molar-refractivity contribution < 1.29 is 4.92 Å². The van der Waals surface area contributed by atoms with Crippen molar-refractivity contribution in [1.29, 1.82) is 0 Å². The zero-order chi connectivity index (χ0) is 8.69. The first-order valence-corrected chi connectivity index (χ1v) is 4.10. The molecule has 5 heteroatoms. The van der Waals surface area contributed by atoms with Gasteiger partial charge < -0.3 is 5.32 Å². The monoisotopic (exact) mass is 180 g/mol. The summed E-state index contributed by atoms with van der Waals surface area (Å²) in [5.74, 6) is 0.357. The number of hydrogen-bond donors (Lipinski definition) is 1. The average molecular weight is 181 g/mol. The topological polar surface area (TPSA) is 55.2 Å². The first kappa shape index (κ1) is 10.7. The van der Waals surface area contributed by atoms with Gasteiger partial charge in [-0.15, -0.1) is 11.6 Å². The molecule has 4 nitrogen and oxygen atoms in total. The van der Waals surface area contributed by atoms with E-state index in [0.717, 1.165) is 0 Å². The van der Waals surface area contributed by atoms with Gasteiger partial charge in [-0.2, -0.15) is 0 Å². The van der Waals surface area contributed by atoms with Crippen molar-refractivity contribution in [3.05, 3.63) is 10.1 Å². The molecule has 0 spiro atoms. The highest BCUT2D eigenvalue weighted by Gasteiger charge is 2.17. The van der Waals surface area contributed by atoms with Crippen molar-refractivity contribution >= 4 is 11.6 Å². The van der Waals surface area contributed by atoms with Crippen LogP contribution in [-0.4, -0.2) is 30.4 Å². The second kappa shape index (κ2) is 6.37. The maximum Gasteiger partial charge on any atom is 0.215 e. The van der Waals surface area contributed by atoms with E-state index in [4.69, 9.17) is 11.6 Å². The molecule has 1 N–H and O–H groups in total. The first-order valence-electron chi connectivity index (χ1n) is 3.56. The lowest BCUT2D eigenvalue weighted by molar-refractivity contribution is -0.523. The number of alkyl halides is 1. The number of nitrogens with zero attached hydrogens (tertiary/aromatic N) is 1. The summed E-state index contributed by atoms with van der Waals surface area (Å²) in [6, 6.07) is -0.486. The van der Waals surface area contributed by atoms with Crippen LogP contribution in [0, 0.1) is 10.1 Å². The Morgan fingerprint density at radius 3 is 2.64 bits per heavy atom. The molecule has 0 rings (SSSR count). The number of hydrogen-bond acceptors (Lipinski definition) is 3. The van der Waals surface area contributed by atoms with Gasteiger partial charge in [0.15, 0.2) is 0 Å². The predicted octanol–water partition coefficient (Wildman–Crippen LogP) is 0.870. The van der Waals surface area contributed by atoms with Crippen molar-refractivity contribution in [2.24, 2.45) is 0 Å². The van der Waals surface area contributed by atoms with Crippen molar-refractivity contribution in [3.8, 4) is 0 Å². The molecule has 66 valence electrons. The summed E-state index contributed by atoms with van der Waals surface area (Å²) in [6.07, 6.45) is 1.01. The van der Waals surface area contributed by atoms with Crippen LogP contribution in [0.3, 0.4) is 0 Å².